The van der Waals surface area contributed by atoms with E-state index < -0.39 is 5.97 Å². The van der Waals surface area contributed by atoms with E-state index in [-0.39, 0.29) is 24.0 Å². The minimum Gasteiger partial charge on any atom is -0.511 e. The molecule has 0 aliphatic carbocycles. The Labute approximate surface area is 107 Å². The van der Waals surface area contributed by atoms with Crippen molar-refractivity contribution in [2.45, 2.75) is 39.2 Å². The highest BCUT2D eigenvalue weighted by Crippen LogP contribution is 2.23. The number of oxime groups is 1. The zero-order chi connectivity index (χ0) is 13.5. The fourth-order valence-electron chi connectivity index (χ4n) is 1.65. The number of carbonyl (C=O) groups excluding carboxylic acids is 1. The van der Waals surface area contributed by atoms with Crippen LogP contribution in [0.25, 0.3) is 0 Å². The molecule has 1 N–H and O–H groups in total. The molecule has 100 valence electrons. The van der Waals surface area contributed by atoms with Gasteiger partial charge in [-0.25, -0.2) is 4.79 Å². The summed E-state index contributed by atoms with van der Waals surface area (Å²) < 4.78 is 5.19. The van der Waals surface area contributed by atoms with E-state index >= 15 is 0 Å². The molecule has 0 amide bonds. The lowest BCUT2D eigenvalue weighted by Crippen LogP contribution is -2.29. The third kappa shape index (κ3) is 3.35. The van der Waals surface area contributed by atoms with Crippen LogP contribution < -0.4 is 0 Å². The topological polar surface area (TPSA) is 68.1 Å². The van der Waals surface area contributed by atoms with Crippen LogP contribution in [-0.4, -0.2) is 29.5 Å². The molecule has 1 aliphatic rings. The molecule has 1 heterocycles. The molecule has 1 aliphatic heterocycles. The Morgan fingerprint density at radius 2 is 2.39 bits per heavy atom. The third-order valence-corrected chi connectivity index (χ3v) is 2.63. The van der Waals surface area contributed by atoms with E-state index in [0.29, 0.717) is 25.0 Å². The minimum absolute atomic E-state index is 0.0286. The van der Waals surface area contributed by atoms with Crippen molar-refractivity contribution in [1.29, 1.82) is 0 Å². The summed E-state index contributed by atoms with van der Waals surface area (Å²) in [5, 5.41) is 13.8. The number of nitrogens with zero attached hydrogens (tertiary/aromatic N) is 1. The van der Waals surface area contributed by atoms with Crippen LogP contribution in [0, 0.1) is 0 Å². The highest BCUT2D eigenvalue weighted by Gasteiger charge is 2.31. The van der Waals surface area contributed by atoms with Gasteiger partial charge in [-0.1, -0.05) is 31.7 Å². The molecule has 0 fully saturated rings. The molecule has 0 aromatic rings. The van der Waals surface area contributed by atoms with Gasteiger partial charge in [0, 0.05) is 6.42 Å². The Balaban J connectivity index is 2.93. The molecule has 0 aromatic carbocycles. The summed E-state index contributed by atoms with van der Waals surface area (Å²) in [6.07, 6.45) is 2.78. The second kappa shape index (κ2) is 6.83. The van der Waals surface area contributed by atoms with Gasteiger partial charge < -0.3 is 14.7 Å². The molecule has 0 saturated heterocycles. The molecule has 1 unspecified atom stereocenters. The number of esters is 1. The number of aliphatic hydroxyl groups is 1. The van der Waals surface area contributed by atoms with Gasteiger partial charge in [0.1, 0.15) is 24.0 Å². The molecule has 0 bridgehead atoms. The molecule has 5 heteroatoms. The van der Waals surface area contributed by atoms with Gasteiger partial charge in [0.25, 0.3) is 0 Å². The second-order valence-electron chi connectivity index (χ2n) is 3.94. The lowest BCUT2D eigenvalue weighted by Gasteiger charge is -2.23. The van der Waals surface area contributed by atoms with Gasteiger partial charge in [-0.05, 0) is 12.8 Å². The van der Waals surface area contributed by atoms with Crippen LogP contribution in [0.5, 0.6) is 0 Å². The summed E-state index contributed by atoms with van der Waals surface area (Å²) in [6.45, 7) is 7.48. The molecule has 0 radical (unpaired) electrons. The zero-order valence-corrected chi connectivity index (χ0v) is 10.8. The number of cyclic esters (lactones) is 1. The van der Waals surface area contributed by atoms with Crippen LogP contribution >= 0.6 is 0 Å². The van der Waals surface area contributed by atoms with Crippen LogP contribution in [0.1, 0.15) is 33.1 Å². The first-order chi connectivity index (χ1) is 8.63. The third-order valence-electron chi connectivity index (χ3n) is 2.63. The zero-order valence-electron chi connectivity index (χ0n) is 10.8. The summed E-state index contributed by atoms with van der Waals surface area (Å²) in [4.78, 5) is 16.8. The summed E-state index contributed by atoms with van der Waals surface area (Å²) in [6, 6.07) is 0. The van der Waals surface area contributed by atoms with Crippen LogP contribution in [0.2, 0.25) is 0 Å². The highest BCUT2D eigenvalue weighted by atomic mass is 16.6. The Kier molecular flexibility index (Phi) is 5.42. The van der Waals surface area contributed by atoms with Crippen molar-refractivity contribution < 1.29 is 19.5 Å². The van der Waals surface area contributed by atoms with Crippen LogP contribution in [0.4, 0.5) is 0 Å². The quantitative estimate of drug-likeness (QED) is 0.259. The molecule has 5 nitrogen and oxygen atoms in total. The molecule has 0 spiro atoms. The van der Waals surface area contributed by atoms with Gasteiger partial charge in [0.15, 0.2) is 0 Å². The van der Waals surface area contributed by atoms with Gasteiger partial charge in [-0.3, -0.25) is 0 Å². The first-order valence-electron chi connectivity index (χ1n) is 6.07. The molecular formula is C13H19NO4. The lowest BCUT2D eigenvalue weighted by atomic mass is 10.00. The van der Waals surface area contributed by atoms with Crippen LogP contribution in [0.3, 0.4) is 0 Å². The number of hydrogen-bond donors (Lipinski definition) is 1. The standard InChI is InChI=1S/C13H19NO4/c1-4-7-17-14-10(6-3)12-11(15)8-9(5-2)18-13(12)16/h4,9,15H,1,5-8H2,2-3H3. The molecular weight excluding hydrogens is 234 g/mol. The van der Waals surface area contributed by atoms with Gasteiger partial charge in [0.05, 0.1) is 5.71 Å². The predicted octanol–water partition coefficient (Wildman–Crippen LogP) is 2.49. The average Bonchev–Trinajstić information content (AvgIpc) is 2.35. The Morgan fingerprint density at radius 3 is 2.89 bits per heavy atom. The summed E-state index contributed by atoms with van der Waals surface area (Å²) >= 11 is 0. The van der Waals surface area contributed by atoms with Crippen molar-refractivity contribution >= 4 is 11.7 Å². The maximum Gasteiger partial charge on any atom is 0.343 e. The highest BCUT2D eigenvalue weighted by molar-refractivity contribution is 6.20. The maximum atomic E-state index is 11.8. The van der Waals surface area contributed by atoms with Gasteiger partial charge in [-0.15, -0.1) is 0 Å². The molecule has 0 saturated carbocycles. The van der Waals surface area contributed by atoms with Crippen molar-refractivity contribution in [1.82, 2.24) is 0 Å². The number of hydrogen-bond acceptors (Lipinski definition) is 5. The number of aliphatic hydroxyl groups excluding tert-OH is 1. The van der Waals surface area contributed by atoms with E-state index in [0.717, 1.165) is 0 Å². The maximum absolute atomic E-state index is 11.8. The van der Waals surface area contributed by atoms with E-state index in [4.69, 9.17) is 9.57 Å². The first kappa shape index (κ1) is 14.3. The summed E-state index contributed by atoms with van der Waals surface area (Å²) in [7, 11) is 0. The monoisotopic (exact) mass is 253 g/mol. The Bertz CT molecular complexity index is 384. The minimum atomic E-state index is -0.534. The Morgan fingerprint density at radius 1 is 1.67 bits per heavy atom. The van der Waals surface area contributed by atoms with Crippen molar-refractivity contribution in [3.63, 3.8) is 0 Å². The molecule has 18 heavy (non-hydrogen) atoms. The van der Waals surface area contributed by atoms with Crippen molar-refractivity contribution in [3.05, 3.63) is 24.0 Å². The number of carbonyl (C=O) groups is 1. The fraction of sp³-hybridized carbons (Fsp3) is 0.538. The van der Waals surface area contributed by atoms with Crippen molar-refractivity contribution in [2.75, 3.05) is 6.61 Å². The van der Waals surface area contributed by atoms with Gasteiger partial charge in [0.2, 0.25) is 0 Å². The van der Waals surface area contributed by atoms with E-state index in [1.54, 1.807) is 6.08 Å². The fourth-order valence-corrected chi connectivity index (χ4v) is 1.65. The number of rotatable bonds is 6. The summed E-state index contributed by atoms with van der Waals surface area (Å²) in [5.74, 6) is -0.505. The van der Waals surface area contributed by atoms with E-state index in [2.05, 4.69) is 11.7 Å². The smallest absolute Gasteiger partial charge is 0.343 e. The molecule has 1 atom stereocenters. The second-order valence-corrected chi connectivity index (χ2v) is 3.94. The normalized spacial score (nSPS) is 20.7. The molecule has 0 aromatic heterocycles. The van der Waals surface area contributed by atoms with E-state index in [1.165, 1.54) is 0 Å². The SMILES string of the molecule is C=CCON=C(CC)C1=C(O)CC(CC)OC1=O. The predicted molar refractivity (Wildman–Crippen MR) is 68.3 cm³/mol. The largest absolute Gasteiger partial charge is 0.511 e. The van der Waals surface area contributed by atoms with Gasteiger partial charge in [-0.2, -0.15) is 0 Å². The van der Waals surface area contributed by atoms with Crippen LogP contribution in [0.15, 0.2) is 29.1 Å². The lowest BCUT2D eigenvalue weighted by molar-refractivity contribution is -0.146. The van der Waals surface area contributed by atoms with Crippen molar-refractivity contribution in [3.8, 4) is 0 Å². The first-order valence-corrected chi connectivity index (χ1v) is 6.07. The van der Waals surface area contributed by atoms with Crippen LogP contribution in [-0.2, 0) is 14.4 Å². The molecule has 1 rings (SSSR count). The van der Waals surface area contributed by atoms with Gasteiger partial charge >= 0.3 is 5.97 Å². The Hall–Kier alpha value is -1.78. The summed E-state index contributed by atoms with van der Waals surface area (Å²) in [5.41, 5.74) is 0.528. The number of ether oxygens (including phenoxy) is 1. The van der Waals surface area contributed by atoms with E-state index in [1.807, 2.05) is 13.8 Å². The average molecular weight is 253 g/mol. The van der Waals surface area contributed by atoms with E-state index in [9.17, 15) is 9.90 Å². The van der Waals surface area contributed by atoms with Crippen molar-refractivity contribution in [2.24, 2.45) is 5.16 Å².